The third-order valence-electron chi connectivity index (χ3n) is 2.31. The van der Waals surface area contributed by atoms with E-state index in [0.29, 0.717) is 17.8 Å². The van der Waals surface area contributed by atoms with Crippen molar-refractivity contribution in [2.24, 2.45) is 5.16 Å². The van der Waals surface area contributed by atoms with Crippen LogP contribution in [0.4, 0.5) is 0 Å². The first-order valence-electron chi connectivity index (χ1n) is 5.70. The summed E-state index contributed by atoms with van der Waals surface area (Å²) in [5.41, 5.74) is 0.997. The zero-order valence-electron chi connectivity index (χ0n) is 10.6. The van der Waals surface area contributed by atoms with Crippen molar-refractivity contribution in [2.75, 3.05) is 27.2 Å². The number of hydrogen-bond acceptors (Lipinski definition) is 5. The highest BCUT2D eigenvalue weighted by atomic mass is 16.4. The normalized spacial score (nSPS) is 11.1. The number of amides is 1. The van der Waals surface area contributed by atoms with Crippen LogP contribution in [0.5, 0.6) is 0 Å². The van der Waals surface area contributed by atoms with Gasteiger partial charge in [0.15, 0.2) is 0 Å². The molecule has 0 radical (unpaired) electrons. The molecule has 0 saturated heterocycles. The van der Waals surface area contributed by atoms with E-state index in [1.165, 1.54) is 12.4 Å². The van der Waals surface area contributed by atoms with E-state index < -0.39 is 0 Å². The Bertz CT molecular complexity index is 401. The summed E-state index contributed by atoms with van der Waals surface area (Å²) in [5, 5.41) is 14.0. The first-order chi connectivity index (χ1) is 8.63. The molecule has 0 aromatic carbocycles. The second-order valence-corrected chi connectivity index (χ2v) is 4.13. The third kappa shape index (κ3) is 4.92. The maximum atomic E-state index is 11.7. The average Bonchev–Trinajstić information content (AvgIpc) is 2.35. The van der Waals surface area contributed by atoms with Crippen LogP contribution in [0.1, 0.15) is 22.5 Å². The van der Waals surface area contributed by atoms with Crippen LogP contribution in [0.25, 0.3) is 0 Å². The lowest BCUT2D eigenvalue weighted by Crippen LogP contribution is -2.27. The minimum atomic E-state index is -0.145. The molecule has 0 aliphatic carbocycles. The number of oxime groups is 1. The fourth-order valence-corrected chi connectivity index (χ4v) is 1.37. The molecule has 6 heteroatoms. The molecule has 1 heterocycles. The maximum absolute atomic E-state index is 11.7. The predicted octanol–water partition coefficient (Wildman–Crippen LogP) is 0.571. The summed E-state index contributed by atoms with van der Waals surface area (Å²) >= 11 is 0. The zero-order chi connectivity index (χ0) is 13.4. The zero-order valence-corrected chi connectivity index (χ0v) is 10.6. The molecule has 0 bridgehead atoms. The van der Waals surface area contributed by atoms with E-state index in [2.05, 4.69) is 20.4 Å². The summed E-state index contributed by atoms with van der Waals surface area (Å²) < 4.78 is 0. The molecule has 0 spiro atoms. The van der Waals surface area contributed by atoms with E-state index in [9.17, 15) is 4.79 Å². The second-order valence-electron chi connectivity index (χ2n) is 4.13. The summed E-state index contributed by atoms with van der Waals surface area (Å²) in [4.78, 5) is 17.7. The van der Waals surface area contributed by atoms with Gasteiger partial charge in [0.05, 0.1) is 17.5 Å². The van der Waals surface area contributed by atoms with Gasteiger partial charge in [0.25, 0.3) is 5.91 Å². The molecular formula is C12H18N4O2. The standard InChI is InChI=1S/C12H18N4O2/c1-16(2)7-3-6-13-12(17)10-4-5-11(9-15-18)14-8-10/h4-5,8-9,18H,3,6-7H2,1-2H3,(H,13,17)/b15-9-. The lowest BCUT2D eigenvalue weighted by atomic mass is 10.2. The van der Waals surface area contributed by atoms with Gasteiger partial charge < -0.3 is 15.4 Å². The molecular weight excluding hydrogens is 232 g/mol. The van der Waals surface area contributed by atoms with Gasteiger partial charge in [0.2, 0.25) is 0 Å². The van der Waals surface area contributed by atoms with Crippen LogP contribution in [-0.2, 0) is 0 Å². The third-order valence-corrected chi connectivity index (χ3v) is 2.31. The molecule has 1 amide bonds. The van der Waals surface area contributed by atoms with Crippen LogP contribution >= 0.6 is 0 Å². The average molecular weight is 250 g/mol. The summed E-state index contributed by atoms with van der Waals surface area (Å²) in [6, 6.07) is 3.26. The van der Waals surface area contributed by atoms with E-state index in [1.807, 2.05) is 14.1 Å². The van der Waals surface area contributed by atoms with Gasteiger partial charge in [-0.15, -0.1) is 0 Å². The number of carbonyl (C=O) groups excluding carboxylic acids is 1. The predicted molar refractivity (Wildman–Crippen MR) is 69.1 cm³/mol. The molecule has 2 N–H and O–H groups in total. The summed E-state index contributed by atoms with van der Waals surface area (Å²) in [7, 11) is 3.99. The van der Waals surface area contributed by atoms with Gasteiger partial charge in [-0.05, 0) is 39.2 Å². The van der Waals surface area contributed by atoms with Crippen molar-refractivity contribution >= 4 is 12.1 Å². The summed E-state index contributed by atoms with van der Waals surface area (Å²) in [6.07, 6.45) is 3.57. The highest BCUT2D eigenvalue weighted by molar-refractivity contribution is 5.94. The van der Waals surface area contributed by atoms with Crippen LogP contribution in [0, 0.1) is 0 Å². The Labute approximate surface area is 106 Å². The van der Waals surface area contributed by atoms with Crippen molar-refractivity contribution < 1.29 is 10.0 Å². The largest absolute Gasteiger partial charge is 0.411 e. The van der Waals surface area contributed by atoms with E-state index in [4.69, 9.17) is 5.21 Å². The molecule has 6 nitrogen and oxygen atoms in total. The Morgan fingerprint density at radius 2 is 2.33 bits per heavy atom. The number of nitrogens with one attached hydrogen (secondary N) is 1. The highest BCUT2D eigenvalue weighted by Gasteiger charge is 2.04. The number of rotatable bonds is 6. The van der Waals surface area contributed by atoms with Crippen molar-refractivity contribution in [2.45, 2.75) is 6.42 Å². The number of pyridine rings is 1. The molecule has 98 valence electrons. The fourth-order valence-electron chi connectivity index (χ4n) is 1.37. The van der Waals surface area contributed by atoms with Gasteiger partial charge in [-0.25, -0.2) is 0 Å². The SMILES string of the molecule is CN(C)CCCNC(=O)c1ccc(/C=N\O)nc1. The Morgan fingerprint density at radius 1 is 1.56 bits per heavy atom. The number of hydrogen-bond donors (Lipinski definition) is 2. The first-order valence-corrected chi connectivity index (χ1v) is 5.70. The molecule has 1 aromatic heterocycles. The van der Waals surface area contributed by atoms with Gasteiger partial charge in [-0.2, -0.15) is 0 Å². The lowest BCUT2D eigenvalue weighted by molar-refractivity contribution is 0.0952. The van der Waals surface area contributed by atoms with Crippen LogP contribution in [0.15, 0.2) is 23.5 Å². The molecule has 0 fully saturated rings. The van der Waals surface area contributed by atoms with Crippen molar-refractivity contribution in [3.05, 3.63) is 29.6 Å². The van der Waals surface area contributed by atoms with Gasteiger partial charge in [-0.1, -0.05) is 5.16 Å². The summed E-state index contributed by atoms with van der Waals surface area (Å²) in [6.45, 7) is 1.57. The van der Waals surface area contributed by atoms with Crippen molar-refractivity contribution in [3.8, 4) is 0 Å². The smallest absolute Gasteiger partial charge is 0.252 e. The topological polar surface area (TPSA) is 77.8 Å². The second kappa shape index (κ2) is 7.39. The maximum Gasteiger partial charge on any atom is 0.252 e. The van der Waals surface area contributed by atoms with Crippen LogP contribution in [0.3, 0.4) is 0 Å². The van der Waals surface area contributed by atoms with Crippen LogP contribution < -0.4 is 5.32 Å². The Morgan fingerprint density at radius 3 is 2.89 bits per heavy atom. The molecule has 0 aliphatic rings. The van der Waals surface area contributed by atoms with Gasteiger partial charge in [0.1, 0.15) is 0 Å². The number of nitrogens with zero attached hydrogens (tertiary/aromatic N) is 3. The molecule has 0 unspecified atom stereocenters. The van der Waals surface area contributed by atoms with Crippen LogP contribution in [0.2, 0.25) is 0 Å². The van der Waals surface area contributed by atoms with Gasteiger partial charge in [0, 0.05) is 12.7 Å². The minimum Gasteiger partial charge on any atom is -0.411 e. The van der Waals surface area contributed by atoms with E-state index >= 15 is 0 Å². The quantitative estimate of drug-likeness (QED) is 0.335. The van der Waals surface area contributed by atoms with E-state index in [-0.39, 0.29) is 5.91 Å². The molecule has 1 aromatic rings. The Hall–Kier alpha value is -1.95. The molecule has 1 rings (SSSR count). The number of aromatic nitrogens is 1. The number of carbonyl (C=O) groups is 1. The Balaban J connectivity index is 2.41. The molecule has 18 heavy (non-hydrogen) atoms. The van der Waals surface area contributed by atoms with Crippen molar-refractivity contribution in [1.29, 1.82) is 0 Å². The van der Waals surface area contributed by atoms with Gasteiger partial charge in [-0.3, -0.25) is 9.78 Å². The van der Waals surface area contributed by atoms with Gasteiger partial charge >= 0.3 is 0 Å². The monoisotopic (exact) mass is 250 g/mol. The van der Waals surface area contributed by atoms with Crippen molar-refractivity contribution in [3.63, 3.8) is 0 Å². The Kier molecular flexibility index (Phi) is 5.79. The fraction of sp³-hybridized carbons (Fsp3) is 0.417. The van der Waals surface area contributed by atoms with Crippen LogP contribution in [-0.4, -0.2) is 54.4 Å². The van der Waals surface area contributed by atoms with E-state index in [1.54, 1.807) is 12.1 Å². The molecule has 0 saturated carbocycles. The minimum absolute atomic E-state index is 0.145. The summed E-state index contributed by atoms with van der Waals surface area (Å²) in [5.74, 6) is -0.145. The van der Waals surface area contributed by atoms with Crippen molar-refractivity contribution in [1.82, 2.24) is 15.2 Å². The lowest BCUT2D eigenvalue weighted by Gasteiger charge is -2.09. The molecule has 0 aliphatic heterocycles. The van der Waals surface area contributed by atoms with E-state index in [0.717, 1.165) is 13.0 Å². The highest BCUT2D eigenvalue weighted by Crippen LogP contribution is 1.98. The molecule has 0 atom stereocenters. The first kappa shape index (κ1) is 14.1.